The average Bonchev–Trinajstić information content (AvgIpc) is 3.31. The Hall–Kier alpha value is -4.19. The molecule has 0 radical (unpaired) electrons. The lowest BCUT2D eigenvalue weighted by atomic mass is 10.00. The molecule has 0 aliphatic rings. The number of aromatic hydroxyl groups is 2. The number of H-pyrrole nitrogens is 1. The van der Waals surface area contributed by atoms with Crippen LogP contribution in [0.15, 0.2) is 36.4 Å². The second-order valence-electron chi connectivity index (χ2n) is 8.84. The van der Waals surface area contributed by atoms with E-state index in [1.165, 1.54) is 31.3 Å². The SMILES string of the molecule is CCC(=O)c1n[nH]c2cc(-c3cc(F)c(O)cc3CC)nc(NCc3ccc(O)cc3N(C)S(C)(=O)=O)c12. The van der Waals surface area contributed by atoms with Crippen LogP contribution in [0.2, 0.25) is 0 Å². The number of aromatic nitrogens is 3. The molecule has 4 aromatic rings. The van der Waals surface area contributed by atoms with Gasteiger partial charge in [0.1, 0.15) is 17.3 Å². The van der Waals surface area contributed by atoms with Gasteiger partial charge in [-0.1, -0.05) is 19.9 Å². The maximum absolute atomic E-state index is 14.3. The summed E-state index contributed by atoms with van der Waals surface area (Å²) in [5, 5.41) is 30.5. The highest BCUT2D eigenvalue weighted by molar-refractivity contribution is 7.92. The summed E-state index contributed by atoms with van der Waals surface area (Å²) in [4.78, 5) is 17.3. The van der Waals surface area contributed by atoms with Crippen molar-refractivity contribution in [3.05, 3.63) is 59.0 Å². The summed E-state index contributed by atoms with van der Waals surface area (Å²) in [6.07, 6.45) is 1.77. The van der Waals surface area contributed by atoms with Crippen LogP contribution in [0.3, 0.4) is 0 Å². The molecule has 0 atom stereocenters. The Balaban J connectivity index is 1.86. The van der Waals surface area contributed by atoms with E-state index >= 15 is 0 Å². The summed E-state index contributed by atoms with van der Waals surface area (Å²) in [7, 11) is -2.24. The highest BCUT2D eigenvalue weighted by Crippen LogP contribution is 2.35. The molecule has 0 spiro atoms. The van der Waals surface area contributed by atoms with Gasteiger partial charge in [-0.05, 0) is 41.8 Å². The van der Waals surface area contributed by atoms with E-state index < -0.39 is 21.6 Å². The van der Waals surface area contributed by atoms with Crippen LogP contribution in [0.5, 0.6) is 11.5 Å². The van der Waals surface area contributed by atoms with Gasteiger partial charge in [-0.25, -0.2) is 17.8 Å². The molecule has 38 heavy (non-hydrogen) atoms. The molecule has 0 bridgehead atoms. The molecule has 200 valence electrons. The number of phenolic OH excluding ortho intramolecular Hbond substituents is 2. The number of carbonyl (C=O) groups excluding carboxylic acids is 1. The van der Waals surface area contributed by atoms with Gasteiger partial charge in [0.05, 0.1) is 28.5 Å². The quantitative estimate of drug-likeness (QED) is 0.229. The number of pyridine rings is 1. The van der Waals surface area contributed by atoms with E-state index in [1.54, 1.807) is 19.1 Å². The maximum Gasteiger partial charge on any atom is 0.232 e. The Labute approximate surface area is 219 Å². The highest BCUT2D eigenvalue weighted by atomic mass is 32.2. The van der Waals surface area contributed by atoms with Crippen molar-refractivity contribution in [2.45, 2.75) is 33.2 Å². The number of hydrogen-bond acceptors (Lipinski definition) is 8. The second kappa shape index (κ2) is 10.3. The largest absolute Gasteiger partial charge is 0.508 e. The fourth-order valence-corrected chi connectivity index (χ4v) is 4.70. The van der Waals surface area contributed by atoms with Crippen LogP contribution in [0.25, 0.3) is 22.2 Å². The lowest BCUT2D eigenvalue weighted by Gasteiger charge is -2.21. The standard InChI is InChI=1S/C26H28FN5O5S/c1-5-14-9-23(35)18(27)11-17(14)19-12-20-24(25(31-30-20)22(34)6-2)26(29-19)28-13-15-7-8-16(33)10-21(15)32(3)38(4,36)37/h7-12,33,35H,5-6,13H2,1-4H3,(H,28,29)(H,30,31). The molecule has 2 aromatic heterocycles. The summed E-state index contributed by atoms with van der Waals surface area (Å²) in [5.41, 5.74) is 3.00. The highest BCUT2D eigenvalue weighted by Gasteiger charge is 2.22. The van der Waals surface area contributed by atoms with Crippen molar-refractivity contribution in [2.24, 2.45) is 0 Å². The Morgan fingerprint density at radius 3 is 2.53 bits per heavy atom. The number of aryl methyl sites for hydroxylation is 1. The molecular weight excluding hydrogens is 513 g/mol. The molecular formula is C26H28FN5O5S. The first-order valence-corrected chi connectivity index (χ1v) is 13.7. The number of nitrogens with one attached hydrogen (secondary N) is 2. The van der Waals surface area contributed by atoms with E-state index in [1.807, 2.05) is 6.92 Å². The van der Waals surface area contributed by atoms with Gasteiger partial charge in [0.15, 0.2) is 17.3 Å². The van der Waals surface area contributed by atoms with Crippen LogP contribution in [0, 0.1) is 5.82 Å². The summed E-state index contributed by atoms with van der Waals surface area (Å²) >= 11 is 0. The number of benzene rings is 2. The third-order valence-corrected chi connectivity index (χ3v) is 7.50. The van der Waals surface area contributed by atoms with Gasteiger partial charge >= 0.3 is 0 Å². The number of halogens is 1. The lowest BCUT2D eigenvalue weighted by molar-refractivity contribution is 0.0985. The van der Waals surface area contributed by atoms with Gasteiger partial charge < -0.3 is 15.5 Å². The van der Waals surface area contributed by atoms with Gasteiger partial charge in [0, 0.05) is 31.6 Å². The van der Waals surface area contributed by atoms with Crippen LogP contribution in [-0.2, 0) is 23.0 Å². The van der Waals surface area contributed by atoms with Crippen molar-refractivity contribution < 1.29 is 27.8 Å². The van der Waals surface area contributed by atoms with Crippen molar-refractivity contribution in [3.8, 4) is 22.8 Å². The van der Waals surface area contributed by atoms with Crippen LogP contribution in [-0.4, -0.2) is 52.9 Å². The summed E-state index contributed by atoms with van der Waals surface area (Å²) in [6, 6.07) is 8.58. The van der Waals surface area contributed by atoms with Crippen LogP contribution in [0.4, 0.5) is 15.9 Å². The number of Topliss-reactive ketones (excluding diaryl/α,β-unsaturated/α-hetero) is 1. The van der Waals surface area contributed by atoms with Crippen LogP contribution >= 0.6 is 0 Å². The molecule has 4 N–H and O–H groups in total. The van der Waals surface area contributed by atoms with E-state index in [-0.39, 0.29) is 41.7 Å². The molecule has 0 saturated heterocycles. The number of ketones is 1. The first-order valence-electron chi connectivity index (χ1n) is 11.9. The zero-order chi connectivity index (χ0) is 27.8. The minimum atomic E-state index is -3.62. The number of phenols is 2. The number of aromatic amines is 1. The first kappa shape index (κ1) is 26.9. The maximum atomic E-state index is 14.3. The van der Waals surface area contributed by atoms with Gasteiger partial charge in [0.25, 0.3) is 0 Å². The van der Waals surface area contributed by atoms with Gasteiger partial charge in [0.2, 0.25) is 10.0 Å². The summed E-state index contributed by atoms with van der Waals surface area (Å²) in [6.45, 7) is 3.66. The normalized spacial score (nSPS) is 11.6. The number of carbonyl (C=O) groups is 1. The number of nitrogens with zero attached hydrogens (tertiary/aromatic N) is 3. The molecule has 0 unspecified atom stereocenters. The van der Waals surface area contributed by atoms with E-state index in [0.29, 0.717) is 39.7 Å². The predicted octanol–water partition coefficient (Wildman–Crippen LogP) is 4.34. The van der Waals surface area contributed by atoms with Crippen LogP contribution < -0.4 is 9.62 Å². The lowest BCUT2D eigenvalue weighted by Crippen LogP contribution is -2.26. The molecule has 2 heterocycles. The fraction of sp³-hybridized carbons (Fsp3) is 0.269. The van der Waals surface area contributed by atoms with Crippen LogP contribution in [0.1, 0.15) is 41.9 Å². The topological polar surface area (TPSA) is 149 Å². The third kappa shape index (κ3) is 5.12. The minimum Gasteiger partial charge on any atom is -0.508 e. The molecule has 2 aromatic carbocycles. The number of fused-ring (bicyclic) bond motifs is 1. The monoisotopic (exact) mass is 541 g/mol. The summed E-state index contributed by atoms with van der Waals surface area (Å²) in [5.74, 6) is -1.29. The zero-order valence-electron chi connectivity index (χ0n) is 21.3. The zero-order valence-corrected chi connectivity index (χ0v) is 22.1. The molecule has 0 amide bonds. The number of rotatable bonds is 9. The molecule has 0 aliphatic heterocycles. The van der Waals surface area contributed by atoms with Crippen molar-refractivity contribution in [1.82, 2.24) is 15.2 Å². The predicted molar refractivity (Wildman–Crippen MR) is 144 cm³/mol. The number of hydrogen-bond donors (Lipinski definition) is 4. The Morgan fingerprint density at radius 2 is 1.87 bits per heavy atom. The Kier molecular flexibility index (Phi) is 7.27. The first-order chi connectivity index (χ1) is 17.9. The van der Waals surface area contributed by atoms with Gasteiger partial charge in [-0.3, -0.25) is 14.2 Å². The molecule has 0 fully saturated rings. The minimum absolute atomic E-state index is 0.0799. The van der Waals surface area contributed by atoms with Gasteiger partial charge in [-0.2, -0.15) is 5.10 Å². The van der Waals surface area contributed by atoms with E-state index in [4.69, 9.17) is 4.98 Å². The third-order valence-electron chi connectivity index (χ3n) is 6.31. The van der Waals surface area contributed by atoms with Crippen molar-refractivity contribution in [2.75, 3.05) is 22.9 Å². The van der Waals surface area contributed by atoms with Crippen molar-refractivity contribution >= 4 is 38.2 Å². The second-order valence-corrected chi connectivity index (χ2v) is 10.9. The smallest absolute Gasteiger partial charge is 0.232 e. The molecule has 12 heteroatoms. The average molecular weight is 542 g/mol. The Morgan fingerprint density at radius 1 is 1.13 bits per heavy atom. The van der Waals surface area contributed by atoms with Gasteiger partial charge in [-0.15, -0.1) is 0 Å². The van der Waals surface area contributed by atoms with E-state index in [0.717, 1.165) is 10.6 Å². The summed E-state index contributed by atoms with van der Waals surface area (Å²) < 4.78 is 39.8. The van der Waals surface area contributed by atoms with Crippen molar-refractivity contribution in [1.29, 1.82) is 0 Å². The Bertz CT molecular complexity index is 1650. The number of anilines is 2. The van der Waals surface area contributed by atoms with Crippen molar-refractivity contribution in [3.63, 3.8) is 0 Å². The van der Waals surface area contributed by atoms with E-state index in [2.05, 4.69) is 15.5 Å². The molecule has 0 aliphatic carbocycles. The van der Waals surface area contributed by atoms with E-state index in [9.17, 15) is 27.8 Å². The molecule has 10 nitrogen and oxygen atoms in total. The molecule has 4 rings (SSSR count). The fourth-order valence-electron chi connectivity index (χ4n) is 4.17. The molecule has 0 saturated carbocycles. The number of sulfonamides is 1.